The van der Waals surface area contributed by atoms with Crippen molar-refractivity contribution in [2.75, 3.05) is 27.9 Å². The highest BCUT2D eigenvalue weighted by Crippen LogP contribution is 2.38. The summed E-state index contributed by atoms with van der Waals surface area (Å²) in [5, 5.41) is 3.33. The molecule has 6 nitrogen and oxygen atoms in total. The largest absolute Gasteiger partial charge is 0.497 e. The Morgan fingerprint density at radius 3 is 1.84 bits per heavy atom. The molecule has 3 aromatic carbocycles. The zero-order valence-electron chi connectivity index (χ0n) is 23.6. The van der Waals surface area contributed by atoms with Gasteiger partial charge in [0.05, 0.1) is 39.5 Å². The first kappa shape index (κ1) is 29.6. The molecule has 2 atom stereocenters. The molecule has 7 heteroatoms. The average Bonchev–Trinajstić information content (AvgIpc) is 2.94. The van der Waals surface area contributed by atoms with Crippen molar-refractivity contribution in [3.05, 3.63) is 90.5 Å². The standard InChI is InChI=1S/C31H41NO5Si/c1-24(30(33)32(5)35-7)29(23-36-22-25-18-20-26(34-6)21-19-25)37-38(31(2,3)4,27-14-10-8-11-15-27)28-16-12-9-13-17-28/h8-21,24,29H,22-23H2,1-7H3/t24-,29+/m0/s1. The Hall–Kier alpha value is -2.97. The van der Waals surface area contributed by atoms with Gasteiger partial charge in [-0.2, -0.15) is 0 Å². The summed E-state index contributed by atoms with van der Waals surface area (Å²) in [5.41, 5.74) is 1.02. The Morgan fingerprint density at radius 1 is 0.868 bits per heavy atom. The van der Waals surface area contributed by atoms with E-state index >= 15 is 0 Å². The number of amides is 1. The molecule has 0 saturated carbocycles. The molecule has 0 heterocycles. The lowest BCUT2D eigenvalue weighted by Gasteiger charge is -2.46. The minimum atomic E-state index is -2.92. The molecule has 0 unspecified atom stereocenters. The van der Waals surface area contributed by atoms with Crippen molar-refractivity contribution < 1.29 is 23.5 Å². The van der Waals surface area contributed by atoms with E-state index < -0.39 is 20.3 Å². The maximum absolute atomic E-state index is 13.3. The van der Waals surface area contributed by atoms with Gasteiger partial charge in [-0.15, -0.1) is 0 Å². The second kappa shape index (κ2) is 13.2. The van der Waals surface area contributed by atoms with Crippen LogP contribution in [0.3, 0.4) is 0 Å². The van der Waals surface area contributed by atoms with Crippen molar-refractivity contribution >= 4 is 24.6 Å². The SMILES string of the molecule is COc1ccc(COC[C@@H](O[Si](c2ccccc2)(c2ccccc2)C(C)(C)C)[C@H](C)C(=O)N(C)OC)cc1. The molecule has 3 aromatic rings. The zero-order chi connectivity index (χ0) is 27.8. The fraction of sp³-hybridized carbons (Fsp3) is 0.387. The molecule has 0 aliphatic heterocycles. The summed E-state index contributed by atoms with van der Waals surface area (Å²) >= 11 is 0. The third-order valence-electron chi connectivity index (χ3n) is 6.99. The maximum Gasteiger partial charge on any atom is 0.261 e. The molecule has 0 radical (unpaired) electrons. The van der Waals surface area contributed by atoms with Crippen molar-refractivity contribution in [2.45, 2.75) is 45.4 Å². The molecular weight excluding hydrogens is 494 g/mol. The number of hydroxylamine groups is 2. The molecule has 204 valence electrons. The Bertz CT molecular complexity index is 1090. The molecule has 0 aliphatic rings. The number of carbonyl (C=O) groups excluding carboxylic acids is 1. The van der Waals surface area contributed by atoms with E-state index in [1.54, 1.807) is 14.2 Å². The molecule has 0 N–H and O–H groups in total. The summed E-state index contributed by atoms with van der Waals surface area (Å²) in [6, 6.07) is 28.6. The van der Waals surface area contributed by atoms with Gasteiger partial charge in [0.25, 0.3) is 14.2 Å². The van der Waals surface area contributed by atoms with Crippen LogP contribution >= 0.6 is 0 Å². The summed E-state index contributed by atoms with van der Waals surface area (Å²) in [7, 11) is 1.84. The monoisotopic (exact) mass is 535 g/mol. The van der Waals surface area contributed by atoms with Crippen molar-refractivity contribution in [1.82, 2.24) is 5.06 Å². The van der Waals surface area contributed by atoms with Gasteiger partial charge in [-0.05, 0) is 33.1 Å². The van der Waals surface area contributed by atoms with Crippen LogP contribution in [0.1, 0.15) is 33.3 Å². The van der Waals surface area contributed by atoms with Crippen LogP contribution in [-0.4, -0.2) is 53.3 Å². The number of ether oxygens (including phenoxy) is 2. The van der Waals surface area contributed by atoms with Gasteiger partial charge in [0.1, 0.15) is 5.75 Å². The van der Waals surface area contributed by atoms with Gasteiger partial charge in [-0.3, -0.25) is 9.63 Å². The highest BCUT2D eigenvalue weighted by atomic mass is 28.4. The molecule has 3 rings (SSSR count). The first-order chi connectivity index (χ1) is 18.1. The van der Waals surface area contributed by atoms with Crippen LogP contribution < -0.4 is 15.1 Å². The maximum atomic E-state index is 13.3. The highest BCUT2D eigenvalue weighted by molar-refractivity contribution is 6.99. The smallest absolute Gasteiger partial charge is 0.261 e. The van der Waals surface area contributed by atoms with Gasteiger partial charge >= 0.3 is 0 Å². The number of benzene rings is 3. The van der Waals surface area contributed by atoms with Gasteiger partial charge in [-0.1, -0.05) is 100 Å². The van der Waals surface area contributed by atoms with E-state index in [-0.39, 0.29) is 17.6 Å². The Kier molecular flexibility index (Phi) is 10.3. The molecule has 0 saturated heterocycles. The number of rotatable bonds is 12. The fourth-order valence-corrected chi connectivity index (χ4v) is 9.49. The molecule has 0 bridgehead atoms. The molecule has 0 aromatic heterocycles. The van der Waals surface area contributed by atoms with E-state index in [9.17, 15) is 4.79 Å². The third kappa shape index (κ3) is 6.72. The van der Waals surface area contributed by atoms with E-state index in [1.165, 1.54) is 12.2 Å². The molecule has 0 aliphatic carbocycles. The summed E-state index contributed by atoms with van der Waals surface area (Å²) in [5.74, 6) is 0.129. The van der Waals surface area contributed by atoms with E-state index in [4.69, 9.17) is 18.7 Å². The number of hydrogen-bond acceptors (Lipinski definition) is 5. The average molecular weight is 536 g/mol. The lowest BCUT2D eigenvalue weighted by Crippen LogP contribution is -2.68. The normalized spacial score (nSPS) is 13.6. The minimum Gasteiger partial charge on any atom is -0.497 e. The van der Waals surface area contributed by atoms with Gasteiger partial charge < -0.3 is 13.9 Å². The van der Waals surface area contributed by atoms with Crippen LogP contribution in [0, 0.1) is 5.92 Å². The predicted molar refractivity (Wildman–Crippen MR) is 154 cm³/mol. The van der Waals surface area contributed by atoms with Crippen LogP contribution in [0.15, 0.2) is 84.9 Å². The quantitative estimate of drug-likeness (QED) is 0.246. The zero-order valence-corrected chi connectivity index (χ0v) is 24.6. The van der Waals surface area contributed by atoms with Gasteiger partial charge in [0.2, 0.25) is 0 Å². The van der Waals surface area contributed by atoms with Crippen molar-refractivity contribution in [1.29, 1.82) is 0 Å². The summed E-state index contributed by atoms with van der Waals surface area (Å²) < 4.78 is 18.8. The third-order valence-corrected chi connectivity index (χ3v) is 12.0. The Balaban J connectivity index is 2.02. The topological polar surface area (TPSA) is 57.2 Å². The van der Waals surface area contributed by atoms with E-state index in [0.717, 1.165) is 21.7 Å². The second-order valence-electron chi connectivity index (χ2n) is 10.5. The van der Waals surface area contributed by atoms with E-state index in [0.29, 0.717) is 6.61 Å². The van der Waals surface area contributed by atoms with Gasteiger partial charge in [0.15, 0.2) is 0 Å². The van der Waals surface area contributed by atoms with Crippen LogP contribution in [0.4, 0.5) is 0 Å². The van der Waals surface area contributed by atoms with Crippen LogP contribution in [-0.2, 0) is 25.4 Å². The van der Waals surface area contributed by atoms with E-state index in [2.05, 4.69) is 69.3 Å². The Morgan fingerprint density at radius 2 is 1.39 bits per heavy atom. The molecule has 0 fully saturated rings. The van der Waals surface area contributed by atoms with Crippen LogP contribution in [0.5, 0.6) is 5.75 Å². The molecular formula is C31H41NO5Si. The molecule has 1 amide bonds. The van der Waals surface area contributed by atoms with Crippen molar-refractivity contribution in [2.24, 2.45) is 5.92 Å². The summed E-state index contributed by atoms with van der Waals surface area (Å²) in [6.45, 7) is 9.20. The highest BCUT2D eigenvalue weighted by Gasteiger charge is 2.52. The Labute approximate surface area is 228 Å². The molecule has 0 spiro atoms. The number of nitrogens with zero attached hydrogens (tertiary/aromatic N) is 1. The van der Waals surface area contributed by atoms with Crippen LogP contribution in [0.25, 0.3) is 0 Å². The van der Waals surface area contributed by atoms with Crippen LogP contribution in [0.2, 0.25) is 5.04 Å². The van der Waals surface area contributed by atoms with Crippen molar-refractivity contribution in [3.8, 4) is 5.75 Å². The predicted octanol–water partition coefficient (Wildman–Crippen LogP) is 4.81. The van der Waals surface area contributed by atoms with E-state index in [1.807, 2.05) is 43.3 Å². The lowest BCUT2D eigenvalue weighted by molar-refractivity contribution is -0.177. The summed E-state index contributed by atoms with van der Waals surface area (Å²) in [6.07, 6.45) is -0.510. The summed E-state index contributed by atoms with van der Waals surface area (Å²) in [4.78, 5) is 18.5. The van der Waals surface area contributed by atoms with Gasteiger partial charge in [-0.25, -0.2) is 5.06 Å². The first-order valence-electron chi connectivity index (χ1n) is 12.9. The van der Waals surface area contributed by atoms with Gasteiger partial charge in [0, 0.05) is 7.05 Å². The van der Waals surface area contributed by atoms with Crippen molar-refractivity contribution in [3.63, 3.8) is 0 Å². The fourth-order valence-electron chi connectivity index (χ4n) is 4.75. The first-order valence-corrected chi connectivity index (χ1v) is 14.9. The number of carbonyl (C=O) groups is 1. The lowest BCUT2D eigenvalue weighted by atomic mass is 10.0. The number of hydrogen-bond donors (Lipinski definition) is 0. The number of methoxy groups -OCH3 is 1. The molecule has 38 heavy (non-hydrogen) atoms. The second-order valence-corrected chi connectivity index (χ2v) is 14.7. The minimum absolute atomic E-state index is 0.163.